The number of hydrogen-bond donors (Lipinski definition) is 1. The molecule has 0 bridgehead atoms. The molecule has 4 heteroatoms. The maximum Gasteiger partial charge on any atom is 0.131 e. The number of benzene rings is 1. The van der Waals surface area contributed by atoms with E-state index in [9.17, 15) is 8.78 Å². The van der Waals surface area contributed by atoms with Crippen molar-refractivity contribution in [2.24, 2.45) is 0 Å². The number of ether oxygens (including phenoxy) is 1. The summed E-state index contributed by atoms with van der Waals surface area (Å²) in [4.78, 5) is 0. The lowest BCUT2D eigenvalue weighted by Gasteiger charge is -2.23. The first-order chi connectivity index (χ1) is 7.75. The van der Waals surface area contributed by atoms with Crippen LogP contribution in [0.2, 0.25) is 0 Å². The molecule has 2 nitrogen and oxygen atoms in total. The van der Waals surface area contributed by atoms with Gasteiger partial charge in [-0.1, -0.05) is 6.07 Å². The zero-order chi connectivity index (χ0) is 11.4. The molecule has 1 N–H and O–H groups in total. The van der Waals surface area contributed by atoms with Gasteiger partial charge in [-0.3, -0.25) is 0 Å². The summed E-state index contributed by atoms with van der Waals surface area (Å²) in [5.41, 5.74) is 0.417. The van der Waals surface area contributed by atoms with Crippen LogP contribution in [0.1, 0.15) is 18.4 Å². The van der Waals surface area contributed by atoms with Crippen LogP contribution in [0.4, 0.5) is 8.78 Å². The highest BCUT2D eigenvalue weighted by Gasteiger charge is 2.14. The SMILES string of the molecule is Fc1ccc(COC2CCNCC2)c(F)c1. The lowest BCUT2D eigenvalue weighted by atomic mass is 10.1. The molecular formula is C12H15F2NO. The number of halogens is 2. The highest BCUT2D eigenvalue weighted by atomic mass is 19.1. The molecule has 1 aliphatic heterocycles. The fraction of sp³-hybridized carbons (Fsp3) is 0.500. The zero-order valence-electron chi connectivity index (χ0n) is 9.01. The Balaban J connectivity index is 1.88. The van der Waals surface area contributed by atoms with Crippen LogP contribution in [-0.4, -0.2) is 19.2 Å². The fourth-order valence-corrected chi connectivity index (χ4v) is 1.81. The summed E-state index contributed by atoms with van der Waals surface area (Å²) in [5, 5.41) is 3.23. The van der Waals surface area contributed by atoms with Crippen LogP contribution in [0.25, 0.3) is 0 Å². The number of nitrogens with one attached hydrogen (secondary N) is 1. The monoisotopic (exact) mass is 227 g/mol. The summed E-state index contributed by atoms with van der Waals surface area (Å²) in [6.45, 7) is 2.10. The molecule has 1 aromatic carbocycles. The zero-order valence-corrected chi connectivity index (χ0v) is 9.01. The Hall–Kier alpha value is -1.00. The van der Waals surface area contributed by atoms with E-state index in [1.54, 1.807) is 0 Å². The van der Waals surface area contributed by atoms with E-state index in [4.69, 9.17) is 4.74 Å². The van der Waals surface area contributed by atoms with Crippen LogP contribution in [0.15, 0.2) is 18.2 Å². The van der Waals surface area contributed by atoms with Gasteiger partial charge >= 0.3 is 0 Å². The second kappa shape index (κ2) is 5.37. The van der Waals surface area contributed by atoms with Gasteiger partial charge in [-0.05, 0) is 32.0 Å². The molecule has 1 aliphatic rings. The van der Waals surface area contributed by atoms with Gasteiger partial charge in [0.15, 0.2) is 0 Å². The minimum atomic E-state index is -0.553. The summed E-state index contributed by atoms with van der Waals surface area (Å²) in [6, 6.07) is 3.58. The molecule has 0 atom stereocenters. The van der Waals surface area contributed by atoms with E-state index < -0.39 is 11.6 Å². The van der Waals surface area contributed by atoms with Gasteiger partial charge in [0.25, 0.3) is 0 Å². The van der Waals surface area contributed by atoms with Crippen molar-refractivity contribution < 1.29 is 13.5 Å². The van der Waals surface area contributed by atoms with Crippen molar-refractivity contribution in [2.75, 3.05) is 13.1 Å². The second-order valence-electron chi connectivity index (χ2n) is 4.00. The van der Waals surface area contributed by atoms with Crippen LogP contribution in [0.5, 0.6) is 0 Å². The molecular weight excluding hydrogens is 212 g/mol. The van der Waals surface area contributed by atoms with Crippen LogP contribution in [-0.2, 0) is 11.3 Å². The van der Waals surface area contributed by atoms with E-state index in [0.29, 0.717) is 5.56 Å². The van der Waals surface area contributed by atoms with Crippen molar-refractivity contribution in [1.82, 2.24) is 5.32 Å². The van der Waals surface area contributed by atoms with Gasteiger partial charge in [-0.15, -0.1) is 0 Å². The quantitative estimate of drug-likeness (QED) is 0.855. The molecule has 0 spiro atoms. The van der Waals surface area contributed by atoms with E-state index in [2.05, 4.69) is 5.32 Å². The van der Waals surface area contributed by atoms with Crippen molar-refractivity contribution in [3.05, 3.63) is 35.4 Å². The van der Waals surface area contributed by atoms with Gasteiger partial charge in [0, 0.05) is 11.6 Å². The fourth-order valence-electron chi connectivity index (χ4n) is 1.81. The first-order valence-corrected chi connectivity index (χ1v) is 5.52. The second-order valence-corrected chi connectivity index (χ2v) is 4.00. The average Bonchev–Trinajstić information content (AvgIpc) is 2.29. The van der Waals surface area contributed by atoms with E-state index >= 15 is 0 Å². The molecule has 1 saturated heterocycles. The van der Waals surface area contributed by atoms with Crippen molar-refractivity contribution in [2.45, 2.75) is 25.6 Å². The molecule has 0 amide bonds. The molecule has 1 heterocycles. The molecule has 0 saturated carbocycles. The molecule has 2 rings (SSSR count). The van der Waals surface area contributed by atoms with Crippen LogP contribution in [0.3, 0.4) is 0 Å². The Morgan fingerprint density at radius 1 is 1.25 bits per heavy atom. The Bertz CT molecular complexity index is 351. The van der Waals surface area contributed by atoms with Crippen molar-refractivity contribution in [3.8, 4) is 0 Å². The number of hydrogen-bond acceptors (Lipinski definition) is 2. The van der Waals surface area contributed by atoms with Gasteiger partial charge in [-0.25, -0.2) is 8.78 Å². The maximum absolute atomic E-state index is 13.3. The Morgan fingerprint density at radius 3 is 2.69 bits per heavy atom. The van der Waals surface area contributed by atoms with Crippen molar-refractivity contribution in [1.29, 1.82) is 0 Å². The predicted molar refractivity (Wildman–Crippen MR) is 57.0 cm³/mol. The van der Waals surface area contributed by atoms with Gasteiger partial charge in [0.2, 0.25) is 0 Å². The van der Waals surface area contributed by atoms with Crippen molar-refractivity contribution >= 4 is 0 Å². The highest BCUT2D eigenvalue weighted by Crippen LogP contribution is 2.14. The largest absolute Gasteiger partial charge is 0.373 e. The van der Waals surface area contributed by atoms with Gasteiger partial charge < -0.3 is 10.1 Å². The molecule has 16 heavy (non-hydrogen) atoms. The van der Waals surface area contributed by atoms with Crippen LogP contribution < -0.4 is 5.32 Å². The molecule has 1 fully saturated rings. The van der Waals surface area contributed by atoms with E-state index in [1.807, 2.05) is 0 Å². The molecule has 0 radical (unpaired) electrons. The normalized spacial score (nSPS) is 17.6. The third kappa shape index (κ3) is 3.00. The first kappa shape index (κ1) is 11.5. The highest BCUT2D eigenvalue weighted by molar-refractivity contribution is 5.17. The minimum absolute atomic E-state index is 0.186. The third-order valence-corrected chi connectivity index (χ3v) is 2.78. The molecule has 0 aliphatic carbocycles. The van der Waals surface area contributed by atoms with E-state index in [0.717, 1.165) is 32.0 Å². The molecule has 88 valence electrons. The lowest BCUT2D eigenvalue weighted by Crippen LogP contribution is -2.32. The molecule has 0 unspecified atom stereocenters. The molecule has 0 aromatic heterocycles. The van der Waals surface area contributed by atoms with Crippen LogP contribution in [0, 0.1) is 11.6 Å². The molecule has 1 aromatic rings. The Kier molecular flexibility index (Phi) is 3.85. The summed E-state index contributed by atoms with van der Waals surface area (Å²) in [7, 11) is 0. The summed E-state index contributed by atoms with van der Waals surface area (Å²) >= 11 is 0. The standard InChI is InChI=1S/C12H15F2NO/c13-10-2-1-9(12(14)7-10)8-16-11-3-5-15-6-4-11/h1-2,7,11,15H,3-6,8H2. The number of rotatable bonds is 3. The topological polar surface area (TPSA) is 21.3 Å². The smallest absolute Gasteiger partial charge is 0.131 e. The summed E-state index contributed by atoms with van der Waals surface area (Å²) in [6.07, 6.45) is 2.08. The van der Waals surface area contributed by atoms with Crippen LogP contribution >= 0.6 is 0 Å². The van der Waals surface area contributed by atoms with E-state index in [1.165, 1.54) is 12.1 Å². The number of piperidine rings is 1. The van der Waals surface area contributed by atoms with Gasteiger partial charge in [0.1, 0.15) is 11.6 Å². The average molecular weight is 227 g/mol. The minimum Gasteiger partial charge on any atom is -0.373 e. The summed E-state index contributed by atoms with van der Waals surface area (Å²) in [5.74, 6) is -1.09. The Labute approximate surface area is 93.6 Å². The lowest BCUT2D eigenvalue weighted by molar-refractivity contribution is 0.0199. The first-order valence-electron chi connectivity index (χ1n) is 5.52. The Morgan fingerprint density at radius 2 is 2.00 bits per heavy atom. The third-order valence-electron chi connectivity index (χ3n) is 2.78. The predicted octanol–water partition coefficient (Wildman–Crippen LogP) is 2.23. The van der Waals surface area contributed by atoms with Gasteiger partial charge in [-0.2, -0.15) is 0 Å². The summed E-state index contributed by atoms with van der Waals surface area (Å²) < 4.78 is 31.5. The van der Waals surface area contributed by atoms with E-state index in [-0.39, 0.29) is 12.7 Å². The maximum atomic E-state index is 13.3. The van der Waals surface area contributed by atoms with Gasteiger partial charge in [0.05, 0.1) is 12.7 Å². The van der Waals surface area contributed by atoms with Crippen molar-refractivity contribution in [3.63, 3.8) is 0 Å².